The molecule has 0 amide bonds. The van der Waals surface area contributed by atoms with Crippen molar-refractivity contribution in [2.75, 3.05) is 13.2 Å². The van der Waals surface area contributed by atoms with E-state index in [1.54, 1.807) is 0 Å². The van der Waals surface area contributed by atoms with Gasteiger partial charge in [-0.3, -0.25) is 0 Å². The highest BCUT2D eigenvalue weighted by molar-refractivity contribution is 4.82. The molecule has 0 aromatic rings. The smallest absolute Gasteiger partial charge is 0.160 e. The van der Waals surface area contributed by atoms with Crippen molar-refractivity contribution < 1.29 is 9.47 Å². The van der Waals surface area contributed by atoms with Crippen molar-refractivity contribution in [1.82, 2.24) is 0 Å². The van der Waals surface area contributed by atoms with Gasteiger partial charge in [-0.05, 0) is 18.8 Å². The summed E-state index contributed by atoms with van der Waals surface area (Å²) < 4.78 is 11.0. The molecule has 3 atom stereocenters. The van der Waals surface area contributed by atoms with E-state index in [0.29, 0.717) is 0 Å². The Morgan fingerprint density at radius 3 is 3.09 bits per heavy atom. The molecule has 0 aliphatic carbocycles. The lowest BCUT2D eigenvalue weighted by atomic mass is 9.90. The largest absolute Gasteiger partial charge is 0.352 e. The molecule has 2 fully saturated rings. The predicted molar refractivity (Wildman–Crippen MR) is 42.2 cm³/mol. The SMILES string of the molecule is CCC[C@H]1CO[C@H]2OCC[C@@H]12. The Morgan fingerprint density at radius 1 is 1.36 bits per heavy atom. The summed E-state index contributed by atoms with van der Waals surface area (Å²) in [6.45, 7) is 4.09. The summed E-state index contributed by atoms with van der Waals surface area (Å²) in [6, 6.07) is 0. The summed E-state index contributed by atoms with van der Waals surface area (Å²) in [5.74, 6) is 1.50. The van der Waals surface area contributed by atoms with Crippen LogP contribution >= 0.6 is 0 Å². The zero-order chi connectivity index (χ0) is 7.68. The van der Waals surface area contributed by atoms with Gasteiger partial charge < -0.3 is 9.47 Å². The normalized spacial score (nSPS) is 42.8. The van der Waals surface area contributed by atoms with Gasteiger partial charge in [0.15, 0.2) is 6.29 Å². The zero-order valence-corrected chi connectivity index (χ0v) is 7.08. The second kappa shape index (κ2) is 3.11. The highest BCUT2D eigenvalue weighted by Gasteiger charge is 2.40. The Labute approximate surface area is 67.9 Å². The van der Waals surface area contributed by atoms with Gasteiger partial charge in [-0.15, -0.1) is 0 Å². The van der Waals surface area contributed by atoms with Gasteiger partial charge in [0.2, 0.25) is 0 Å². The van der Waals surface area contributed by atoms with E-state index in [2.05, 4.69) is 6.92 Å². The van der Waals surface area contributed by atoms with Crippen LogP contribution in [-0.4, -0.2) is 19.5 Å². The molecule has 0 saturated carbocycles. The third kappa shape index (κ3) is 1.30. The van der Waals surface area contributed by atoms with Crippen molar-refractivity contribution in [3.8, 4) is 0 Å². The molecule has 0 bridgehead atoms. The molecule has 2 heteroatoms. The minimum Gasteiger partial charge on any atom is -0.352 e. The maximum Gasteiger partial charge on any atom is 0.160 e. The van der Waals surface area contributed by atoms with E-state index in [0.717, 1.165) is 25.0 Å². The van der Waals surface area contributed by atoms with Crippen molar-refractivity contribution in [2.24, 2.45) is 11.8 Å². The molecule has 0 radical (unpaired) electrons. The van der Waals surface area contributed by atoms with Crippen LogP contribution in [0.5, 0.6) is 0 Å². The summed E-state index contributed by atoms with van der Waals surface area (Å²) in [5.41, 5.74) is 0. The van der Waals surface area contributed by atoms with Gasteiger partial charge in [-0.1, -0.05) is 13.3 Å². The van der Waals surface area contributed by atoms with Gasteiger partial charge in [0.25, 0.3) is 0 Å². The van der Waals surface area contributed by atoms with Gasteiger partial charge in [0, 0.05) is 5.92 Å². The van der Waals surface area contributed by atoms with Crippen molar-refractivity contribution in [3.05, 3.63) is 0 Å². The van der Waals surface area contributed by atoms with Gasteiger partial charge in [-0.25, -0.2) is 0 Å². The Kier molecular flexibility index (Phi) is 2.14. The molecule has 0 N–H and O–H groups in total. The highest BCUT2D eigenvalue weighted by Crippen LogP contribution is 2.37. The van der Waals surface area contributed by atoms with Gasteiger partial charge in [0.05, 0.1) is 13.2 Å². The lowest BCUT2D eigenvalue weighted by Gasteiger charge is -2.12. The molecule has 2 aliphatic heterocycles. The number of ether oxygens (including phenoxy) is 2. The monoisotopic (exact) mass is 156 g/mol. The Bertz CT molecular complexity index is 134. The third-order valence-electron chi connectivity index (χ3n) is 2.82. The topological polar surface area (TPSA) is 18.5 Å². The zero-order valence-electron chi connectivity index (χ0n) is 7.08. The van der Waals surface area contributed by atoms with Crippen LogP contribution in [-0.2, 0) is 9.47 Å². The van der Waals surface area contributed by atoms with Crippen LogP contribution in [0.15, 0.2) is 0 Å². The van der Waals surface area contributed by atoms with Gasteiger partial charge >= 0.3 is 0 Å². The third-order valence-corrected chi connectivity index (χ3v) is 2.82. The maximum atomic E-state index is 5.52. The van der Waals surface area contributed by atoms with E-state index in [1.807, 2.05) is 0 Å². The summed E-state index contributed by atoms with van der Waals surface area (Å²) in [5, 5.41) is 0. The van der Waals surface area contributed by atoms with E-state index < -0.39 is 0 Å². The van der Waals surface area contributed by atoms with Crippen molar-refractivity contribution >= 4 is 0 Å². The van der Waals surface area contributed by atoms with Crippen LogP contribution in [0.1, 0.15) is 26.2 Å². The van der Waals surface area contributed by atoms with E-state index in [1.165, 1.54) is 19.3 Å². The molecule has 11 heavy (non-hydrogen) atoms. The lowest BCUT2D eigenvalue weighted by molar-refractivity contribution is -0.0905. The first kappa shape index (κ1) is 7.56. The Balaban J connectivity index is 1.92. The first-order valence-electron chi connectivity index (χ1n) is 4.65. The minimum absolute atomic E-state index is 0.159. The number of hydrogen-bond acceptors (Lipinski definition) is 2. The molecule has 0 aromatic heterocycles. The number of rotatable bonds is 2. The molecular formula is C9H16O2. The fraction of sp³-hybridized carbons (Fsp3) is 1.00. The predicted octanol–water partition coefficient (Wildman–Crippen LogP) is 1.80. The first-order valence-corrected chi connectivity index (χ1v) is 4.65. The summed E-state index contributed by atoms with van der Waals surface area (Å²) in [6.07, 6.45) is 3.96. The molecule has 2 aliphatic rings. The van der Waals surface area contributed by atoms with Crippen LogP contribution in [0.2, 0.25) is 0 Å². The van der Waals surface area contributed by atoms with Crippen molar-refractivity contribution in [1.29, 1.82) is 0 Å². The highest BCUT2D eigenvalue weighted by atomic mass is 16.7. The van der Waals surface area contributed by atoms with E-state index in [-0.39, 0.29) is 6.29 Å². The molecule has 2 saturated heterocycles. The number of fused-ring (bicyclic) bond motifs is 1. The van der Waals surface area contributed by atoms with Crippen LogP contribution < -0.4 is 0 Å². The molecule has 64 valence electrons. The minimum atomic E-state index is 0.159. The summed E-state index contributed by atoms with van der Waals surface area (Å²) in [4.78, 5) is 0. The standard InChI is InChI=1S/C9H16O2/c1-2-3-7-6-11-9-8(7)4-5-10-9/h7-9H,2-6H2,1H3/t7-,8-,9+/m0/s1. The average Bonchev–Trinajstić information content (AvgIpc) is 2.53. The summed E-state index contributed by atoms with van der Waals surface area (Å²) >= 11 is 0. The summed E-state index contributed by atoms with van der Waals surface area (Å²) in [7, 11) is 0. The van der Waals surface area contributed by atoms with Crippen LogP contribution in [0.3, 0.4) is 0 Å². The van der Waals surface area contributed by atoms with Crippen LogP contribution in [0.4, 0.5) is 0 Å². The van der Waals surface area contributed by atoms with Crippen molar-refractivity contribution in [2.45, 2.75) is 32.5 Å². The van der Waals surface area contributed by atoms with Gasteiger partial charge in [0.1, 0.15) is 0 Å². The Hall–Kier alpha value is -0.0800. The molecule has 0 spiro atoms. The maximum absolute atomic E-state index is 5.52. The fourth-order valence-corrected chi connectivity index (χ4v) is 2.22. The molecule has 2 nitrogen and oxygen atoms in total. The van der Waals surface area contributed by atoms with E-state index in [4.69, 9.17) is 9.47 Å². The lowest BCUT2D eigenvalue weighted by Crippen LogP contribution is -2.14. The number of hydrogen-bond donors (Lipinski definition) is 0. The second-order valence-electron chi connectivity index (χ2n) is 3.57. The van der Waals surface area contributed by atoms with E-state index >= 15 is 0 Å². The average molecular weight is 156 g/mol. The first-order chi connectivity index (χ1) is 5.42. The fourth-order valence-electron chi connectivity index (χ4n) is 2.22. The molecular weight excluding hydrogens is 140 g/mol. The Morgan fingerprint density at radius 2 is 2.27 bits per heavy atom. The quantitative estimate of drug-likeness (QED) is 0.607. The molecule has 2 heterocycles. The van der Waals surface area contributed by atoms with Crippen molar-refractivity contribution in [3.63, 3.8) is 0 Å². The molecule has 0 unspecified atom stereocenters. The van der Waals surface area contributed by atoms with Crippen LogP contribution in [0, 0.1) is 11.8 Å². The van der Waals surface area contributed by atoms with Gasteiger partial charge in [-0.2, -0.15) is 0 Å². The van der Waals surface area contributed by atoms with Crippen LogP contribution in [0.25, 0.3) is 0 Å². The second-order valence-corrected chi connectivity index (χ2v) is 3.57. The molecule has 0 aromatic carbocycles. The molecule has 2 rings (SSSR count). The van der Waals surface area contributed by atoms with E-state index in [9.17, 15) is 0 Å².